The summed E-state index contributed by atoms with van der Waals surface area (Å²) in [6, 6.07) is 54.3. The number of rotatable bonds is 18. The molecule has 34 heteroatoms. The molecule has 4 aromatic carbocycles. The van der Waals surface area contributed by atoms with Crippen molar-refractivity contribution >= 4 is 185 Å². The van der Waals surface area contributed by atoms with E-state index in [0.29, 0.717) is 134 Å². The van der Waals surface area contributed by atoms with Crippen molar-refractivity contribution in [3.8, 4) is 46.1 Å². The Morgan fingerprint density at radius 2 is 1.03 bits per heavy atom. The topological polar surface area (TPSA) is 341 Å². The first-order valence-electron chi connectivity index (χ1n) is 36.1. The molecule has 0 unspecified atom stereocenters. The van der Waals surface area contributed by atoms with Crippen molar-refractivity contribution in [3.63, 3.8) is 0 Å². The second kappa shape index (κ2) is 36.3. The number of ether oxygens (including phenoxy) is 1. The van der Waals surface area contributed by atoms with Crippen LogP contribution in [-0.2, 0) is 32.5 Å². The van der Waals surface area contributed by atoms with Gasteiger partial charge in [0.2, 0.25) is 5.88 Å². The van der Waals surface area contributed by atoms with E-state index in [2.05, 4.69) is 79.7 Å². The number of hydrogen-bond donors (Lipinski definition) is 5. The van der Waals surface area contributed by atoms with E-state index >= 15 is 0 Å². The number of halogens is 2. The molecule has 0 bridgehead atoms. The standard InChI is InChI=1S/C22H18ClN5O2S2.C18H17N3O2S2.C17H10ClN3O2S.C15H9N3OS.C11H7N3OS/c23-14-3-1-13(2-4-14)5-8-28(11-17-24-15-6-9-31-19(15)21(29)26-17)12-18-25-16-7-10-32-20(16)22(30)27-18;1-2-21-17(22)16-13(9-11-24-16)20-18(21)25-10-5-8-15-19-12-6-3-4-7-14(12)23-15;18-11-3-1-2-4-13(11)23-14-9-10(5-7-19-14)16-20-12-6-8-24-15(12)17(22)21-16;19-15-13-12(9-5-1-2-7-11(9)20-13)17-14(18-15)10-6-3-4-8-16-10;15-11-9-7(4-6-16-9)13-10(14-11)8-3-1-2-5-12-8/h1-4,6-7,9-10H,5,8,11-12H2,(H,24,26,29)(H,25,27,30);3-4,6-7,9,11H,2,5,8,10H2,1H3;1-9H,(H,20,21,22);1-8H,(H,17,18,19);1-6H,(H,13,14,15). The number of para-hydroxylation sites is 3. The fraction of sp³-hybridized carbons (Fsp3) is 0.108. The van der Waals surface area contributed by atoms with Crippen molar-refractivity contribution in [2.45, 2.75) is 51.0 Å². The Labute approximate surface area is 699 Å². The molecule has 20 aromatic rings. The number of fused-ring (bicyclic) bond motifs is 9. The summed E-state index contributed by atoms with van der Waals surface area (Å²) in [5, 5.41) is 12.3. The Morgan fingerprint density at radius 1 is 0.487 bits per heavy atom. The normalized spacial score (nSPS) is 11.3. The van der Waals surface area contributed by atoms with E-state index in [1.807, 2.05) is 185 Å². The van der Waals surface area contributed by atoms with Crippen molar-refractivity contribution in [2.75, 3.05) is 12.3 Å². The van der Waals surface area contributed by atoms with E-state index in [1.165, 1.54) is 68.0 Å². The number of oxazole rings is 1. The highest BCUT2D eigenvalue weighted by molar-refractivity contribution is 7.99. The molecular weight excluding hydrogens is 1660 g/mol. The Morgan fingerprint density at radius 3 is 1.64 bits per heavy atom. The van der Waals surface area contributed by atoms with Crippen LogP contribution in [0.5, 0.6) is 11.6 Å². The number of aromatic nitrogens is 16. The van der Waals surface area contributed by atoms with E-state index in [-0.39, 0.29) is 33.4 Å². The highest BCUT2D eigenvalue weighted by Gasteiger charge is 2.19. The summed E-state index contributed by atoms with van der Waals surface area (Å²) in [4.78, 5) is 134. The summed E-state index contributed by atoms with van der Waals surface area (Å²) in [5.41, 5.74) is 8.63. The Balaban J connectivity index is 0.000000111. The van der Waals surface area contributed by atoms with Gasteiger partial charge in [-0.3, -0.25) is 48.2 Å². The summed E-state index contributed by atoms with van der Waals surface area (Å²) in [6.07, 6.45) is 7.42. The predicted molar refractivity (Wildman–Crippen MR) is 472 cm³/mol. The third-order valence-electron chi connectivity index (χ3n) is 17.8. The van der Waals surface area contributed by atoms with Crippen LogP contribution in [0, 0.1) is 0 Å². The van der Waals surface area contributed by atoms with E-state index in [9.17, 15) is 28.8 Å². The van der Waals surface area contributed by atoms with Crippen molar-refractivity contribution in [3.05, 3.63) is 317 Å². The maximum atomic E-state index is 12.5. The minimum Gasteiger partial charge on any atom is -0.441 e. The Kier molecular flexibility index (Phi) is 24.4. The third-order valence-corrected chi connectivity index (χ3v) is 25.1. The highest BCUT2D eigenvalue weighted by Crippen LogP contribution is 2.33. The van der Waals surface area contributed by atoms with Crippen LogP contribution in [0.3, 0.4) is 0 Å². The van der Waals surface area contributed by atoms with Crippen LogP contribution in [0.1, 0.15) is 36.4 Å². The molecule has 0 saturated carbocycles. The molecule has 16 aromatic heterocycles. The molecule has 25 nitrogen and oxygen atoms in total. The van der Waals surface area contributed by atoms with Crippen molar-refractivity contribution < 1.29 is 9.15 Å². The van der Waals surface area contributed by atoms with Gasteiger partial charge >= 0.3 is 0 Å². The van der Waals surface area contributed by atoms with Gasteiger partial charge in [-0.2, -0.15) is 0 Å². The van der Waals surface area contributed by atoms with E-state index in [4.69, 9.17) is 32.4 Å². The van der Waals surface area contributed by atoms with Crippen molar-refractivity contribution in [2.24, 2.45) is 0 Å². The number of nitrogens with zero attached hydrogens (tertiary/aromatic N) is 12. The van der Waals surface area contributed by atoms with E-state index in [1.54, 1.807) is 59.2 Å². The van der Waals surface area contributed by atoms with E-state index < -0.39 is 0 Å². The molecule has 0 amide bonds. The number of H-pyrrole nitrogens is 5. The number of hydrogen-bond acceptors (Lipinski definition) is 26. The van der Waals surface area contributed by atoms with Crippen LogP contribution in [0.15, 0.2) is 260 Å². The van der Waals surface area contributed by atoms with Crippen LogP contribution < -0.4 is 38.1 Å². The molecule has 0 saturated heterocycles. The number of benzene rings is 4. The van der Waals surface area contributed by atoms with Crippen LogP contribution in [-0.4, -0.2) is 96.5 Å². The molecule has 0 aliphatic rings. The molecule has 582 valence electrons. The molecule has 0 aliphatic carbocycles. The summed E-state index contributed by atoms with van der Waals surface area (Å²) in [6.45, 7) is 4.12. The van der Waals surface area contributed by atoms with Gasteiger partial charge in [-0.25, -0.2) is 39.9 Å². The lowest BCUT2D eigenvalue weighted by molar-refractivity contribution is 0.247. The van der Waals surface area contributed by atoms with Crippen LogP contribution >= 0.6 is 103 Å². The van der Waals surface area contributed by atoms with Gasteiger partial charge in [0, 0.05) is 70.6 Å². The number of thioether (sulfide) groups is 1. The second-order valence-corrected chi connectivity index (χ2v) is 33.2. The maximum Gasteiger partial charge on any atom is 0.272 e. The van der Waals surface area contributed by atoms with Crippen molar-refractivity contribution in [1.29, 1.82) is 0 Å². The number of nitrogens with one attached hydrogen (secondary N) is 5. The molecule has 5 N–H and O–H groups in total. The van der Waals surface area contributed by atoms with Gasteiger partial charge in [0.05, 0.1) is 51.2 Å². The van der Waals surface area contributed by atoms with Gasteiger partial charge in [0.25, 0.3) is 33.4 Å². The first-order valence-corrected chi connectivity index (χ1v) is 43.1. The first-order chi connectivity index (χ1) is 57.2. The zero-order valence-corrected chi connectivity index (χ0v) is 68.5. The summed E-state index contributed by atoms with van der Waals surface area (Å²) < 4.78 is 18.2. The lowest BCUT2D eigenvalue weighted by Crippen LogP contribution is -2.29. The number of aryl methyl sites for hydroxylation is 1. The fourth-order valence-electron chi connectivity index (χ4n) is 12.3. The fourth-order valence-corrected chi connectivity index (χ4v) is 18.3. The van der Waals surface area contributed by atoms with Gasteiger partial charge in [-0.15, -0.1) is 68.0 Å². The Bertz CT molecular complexity index is 7200. The van der Waals surface area contributed by atoms with Gasteiger partial charge in [0.1, 0.15) is 68.3 Å². The summed E-state index contributed by atoms with van der Waals surface area (Å²) in [7, 11) is 0. The lowest BCUT2D eigenvalue weighted by atomic mass is 10.1. The molecule has 0 radical (unpaired) electrons. The van der Waals surface area contributed by atoms with E-state index in [0.717, 1.165) is 84.1 Å². The maximum absolute atomic E-state index is 12.5. The van der Waals surface area contributed by atoms with Crippen LogP contribution in [0.25, 0.3) is 117 Å². The molecule has 0 spiro atoms. The number of aromatic amines is 5. The minimum absolute atomic E-state index is 0.0592. The van der Waals surface area contributed by atoms with Gasteiger partial charge in [0.15, 0.2) is 28.3 Å². The van der Waals surface area contributed by atoms with Gasteiger partial charge < -0.3 is 34.1 Å². The quantitative estimate of drug-likeness (QED) is 0.0303. The molecule has 20 rings (SSSR count). The number of pyridine rings is 3. The van der Waals surface area contributed by atoms with Gasteiger partial charge in [-0.05, 0) is 155 Å². The lowest BCUT2D eigenvalue weighted by Gasteiger charge is -2.21. The van der Waals surface area contributed by atoms with Gasteiger partial charge in [-0.1, -0.05) is 102 Å². The molecule has 16 heterocycles. The molecule has 0 fully saturated rings. The SMILES string of the molecule is CCn1c(SCCCc2nc3ccccc3o2)nc2ccsc2c1=O.O=c1[nH]c(-c2ccccn2)nc2c1sc1ccccc12.O=c1[nH]c(-c2ccccn2)nc2ccsc12.O=c1[nH]c(-c2ccnc(Oc3ccccc3Cl)c2)nc2ccsc12.O=c1[nH]c(CN(CCc2ccc(Cl)cc2)Cc2nc3ccsc3c(=O)[nH]2)nc2ccsc12. The minimum atomic E-state index is -0.157. The Hall–Kier alpha value is -12.2. The molecule has 117 heavy (non-hydrogen) atoms. The molecular formula is C83H61Cl2N17O8S7. The highest BCUT2D eigenvalue weighted by atomic mass is 35.5. The third kappa shape index (κ3) is 18.5. The first kappa shape index (κ1) is 78.7. The zero-order valence-electron chi connectivity index (χ0n) is 61.3. The predicted octanol–water partition coefficient (Wildman–Crippen LogP) is 18.3. The average Bonchev–Trinajstić information content (AvgIpc) is 1.63. The summed E-state index contributed by atoms with van der Waals surface area (Å²) >= 11 is 22.1. The summed E-state index contributed by atoms with van der Waals surface area (Å²) in [5.74, 6) is 5.15. The second-order valence-electron chi connectivity index (χ2n) is 25.6. The van der Waals surface area contributed by atoms with Crippen LogP contribution in [0.4, 0.5) is 0 Å². The zero-order chi connectivity index (χ0) is 80.3. The smallest absolute Gasteiger partial charge is 0.272 e. The van der Waals surface area contributed by atoms with Crippen LogP contribution in [0.2, 0.25) is 10.0 Å². The number of thiophene rings is 6. The largest absolute Gasteiger partial charge is 0.441 e. The molecule has 0 atom stereocenters. The molecule has 0 aliphatic heterocycles. The monoisotopic (exact) mass is 1720 g/mol. The average molecular weight is 1720 g/mol. The van der Waals surface area contributed by atoms with Crippen molar-refractivity contribution in [1.82, 2.24) is 84.2 Å².